The first-order chi connectivity index (χ1) is 6.90. The van der Waals surface area contributed by atoms with E-state index in [0.717, 1.165) is 11.3 Å². The van der Waals surface area contributed by atoms with Gasteiger partial charge in [0.15, 0.2) is 0 Å². The van der Waals surface area contributed by atoms with Crippen LogP contribution in [0.4, 0.5) is 0 Å². The van der Waals surface area contributed by atoms with Gasteiger partial charge in [0, 0.05) is 10.6 Å². The van der Waals surface area contributed by atoms with Gasteiger partial charge in [-0.15, -0.1) is 5.54 Å². The van der Waals surface area contributed by atoms with E-state index in [9.17, 15) is 0 Å². The van der Waals surface area contributed by atoms with Crippen molar-refractivity contribution in [2.75, 3.05) is 7.11 Å². The summed E-state index contributed by atoms with van der Waals surface area (Å²) in [5.41, 5.74) is 4.21. The molecule has 0 aliphatic rings. The zero-order valence-corrected chi connectivity index (χ0v) is 11.3. The highest BCUT2D eigenvalue weighted by Gasteiger charge is 2.07. The van der Waals surface area contributed by atoms with E-state index in [2.05, 4.69) is 31.1 Å². The highest BCUT2D eigenvalue weighted by atomic mass is 35.5. The first kappa shape index (κ1) is 12.2. The van der Waals surface area contributed by atoms with E-state index in [1.54, 1.807) is 13.2 Å². The zero-order valence-electron chi connectivity index (χ0n) is 9.52. The minimum absolute atomic E-state index is 0.661. The zero-order chi connectivity index (χ0) is 11.5. The highest BCUT2D eigenvalue weighted by Crippen LogP contribution is 2.20. The van der Waals surface area contributed by atoms with E-state index in [4.69, 9.17) is 16.3 Å². The molecule has 0 atom stereocenters. The van der Waals surface area contributed by atoms with E-state index >= 15 is 0 Å². The second-order valence-corrected chi connectivity index (χ2v) is 9.57. The molecule has 0 aliphatic heterocycles. The van der Waals surface area contributed by atoms with Gasteiger partial charge < -0.3 is 4.74 Å². The minimum atomic E-state index is -1.33. The molecule has 80 valence electrons. The van der Waals surface area contributed by atoms with Crippen molar-refractivity contribution in [3.05, 3.63) is 28.8 Å². The lowest BCUT2D eigenvalue weighted by molar-refractivity contribution is 0.414. The third-order valence-corrected chi connectivity index (χ3v) is 2.78. The fourth-order valence-electron chi connectivity index (χ4n) is 1.01. The lowest BCUT2D eigenvalue weighted by Gasteiger charge is -2.04. The topological polar surface area (TPSA) is 9.23 Å². The number of benzene rings is 1. The maximum absolute atomic E-state index is 5.94. The summed E-state index contributed by atoms with van der Waals surface area (Å²) in [4.78, 5) is 0. The fourth-order valence-corrected chi connectivity index (χ4v) is 1.76. The second-order valence-electron chi connectivity index (χ2n) is 4.38. The molecule has 3 heteroatoms. The van der Waals surface area contributed by atoms with Gasteiger partial charge in [0.1, 0.15) is 13.8 Å². The molecule has 0 heterocycles. The van der Waals surface area contributed by atoms with Crippen LogP contribution in [0.15, 0.2) is 18.2 Å². The van der Waals surface area contributed by atoms with E-state index in [1.807, 2.05) is 12.1 Å². The quantitative estimate of drug-likeness (QED) is 0.537. The van der Waals surface area contributed by atoms with Crippen LogP contribution in [0.5, 0.6) is 5.75 Å². The summed E-state index contributed by atoms with van der Waals surface area (Å²) in [5, 5.41) is 0.661. The van der Waals surface area contributed by atoms with Gasteiger partial charge in [-0.1, -0.05) is 37.2 Å². The normalized spacial score (nSPS) is 10.5. The minimum Gasteiger partial charge on any atom is -0.497 e. The summed E-state index contributed by atoms with van der Waals surface area (Å²) in [6, 6.07) is 5.54. The molecule has 0 amide bonds. The van der Waals surface area contributed by atoms with E-state index in [1.165, 1.54) is 0 Å². The van der Waals surface area contributed by atoms with Gasteiger partial charge in [-0.05, 0) is 18.2 Å². The summed E-state index contributed by atoms with van der Waals surface area (Å²) in [6.45, 7) is 6.63. The molecule has 1 aromatic rings. The van der Waals surface area contributed by atoms with E-state index < -0.39 is 8.07 Å². The van der Waals surface area contributed by atoms with Crippen LogP contribution in [-0.2, 0) is 0 Å². The molecule has 0 fully saturated rings. The van der Waals surface area contributed by atoms with Crippen molar-refractivity contribution in [1.29, 1.82) is 0 Å². The molecule has 0 N–H and O–H groups in total. The van der Waals surface area contributed by atoms with Gasteiger partial charge in [0.05, 0.1) is 7.11 Å². The van der Waals surface area contributed by atoms with Crippen LogP contribution in [0, 0.1) is 11.5 Å². The number of hydrogen-bond acceptors (Lipinski definition) is 1. The molecule has 0 radical (unpaired) electrons. The van der Waals surface area contributed by atoms with Gasteiger partial charge in [0.25, 0.3) is 0 Å². The van der Waals surface area contributed by atoms with Gasteiger partial charge in [-0.25, -0.2) is 0 Å². The fraction of sp³-hybridized carbons (Fsp3) is 0.333. The summed E-state index contributed by atoms with van der Waals surface area (Å²) in [5.74, 6) is 3.90. The highest BCUT2D eigenvalue weighted by molar-refractivity contribution is 6.83. The maximum Gasteiger partial charge on any atom is 0.129 e. The molecule has 1 rings (SSSR count). The van der Waals surface area contributed by atoms with Crippen LogP contribution < -0.4 is 4.74 Å². The summed E-state index contributed by atoms with van der Waals surface area (Å²) >= 11 is 5.94. The van der Waals surface area contributed by atoms with E-state index in [0.29, 0.717) is 5.02 Å². The van der Waals surface area contributed by atoms with Crippen LogP contribution in [0.1, 0.15) is 5.56 Å². The predicted molar refractivity (Wildman–Crippen MR) is 68.2 cm³/mol. The Morgan fingerprint density at radius 1 is 1.20 bits per heavy atom. The predicted octanol–water partition coefficient (Wildman–Crippen LogP) is 3.58. The van der Waals surface area contributed by atoms with Crippen molar-refractivity contribution < 1.29 is 4.74 Å². The van der Waals surface area contributed by atoms with Gasteiger partial charge in [-0.3, -0.25) is 0 Å². The average molecular weight is 239 g/mol. The van der Waals surface area contributed by atoms with Crippen LogP contribution in [0.3, 0.4) is 0 Å². The van der Waals surface area contributed by atoms with Gasteiger partial charge in [0.2, 0.25) is 0 Å². The van der Waals surface area contributed by atoms with Crippen molar-refractivity contribution in [3.8, 4) is 17.2 Å². The van der Waals surface area contributed by atoms with Gasteiger partial charge >= 0.3 is 0 Å². The molecule has 1 aromatic carbocycles. The molecular formula is C12H15ClOSi. The van der Waals surface area contributed by atoms with Crippen LogP contribution in [0.25, 0.3) is 0 Å². The Morgan fingerprint density at radius 3 is 2.40 bits per heavy atom. The molecular weight excluding hydrogens is 224 g/mol. The Hall–Kier alpha value is -0.913. The lowest BCUT2D eigenvalue weighted by Crippen LogP contribution is -2.16. The van der Waals surface area contributed by atoms with Gasteiger partial charge in [-0.2, -0.15) is 0 Å². The maximum atomic E-state index is 5.94. The van der Waals surface area contributed by atoms with Crippen LogP contribution >= 0.6 is 11.6 Å². The standard InChI is InChI=1S/C12H15ClOSi/c1-14-12-8-10(7-11(13)9-12)5-6-15(2,3)4/h7-9H,1-4H3. The summed E-state index contributed by atoms with van der Waals surface area (Å²) in [6.07, 6.45) is 0. The lowest BCUT2D eigenvalue weighted by atomic mass is 10.2. The second kappa shape index (κ2) is 4.74. The van der Waals surface area contributed by atoms with Crippen LogP contribution in [-0.4, -0.2) is 15.2 Å². The number of methoxy groups -OCH3 is 1. The third-order valence-electron chi connectivity index (χ3n) is 1.69. The average Bonchev–Trinajstić information content (AvgIpc) is 2.13. The van der Waals surface area contributed by atoms with Crippen molar-refractivity contribution in [2.45, 2.75) is 19.6 Å². The van der Waals surface area contributed by atoms with Crippen molar-refractivity contribution in [1.82, 2.24) is 0 Å². The largest absolute Gasteiger partial charge is 0.497 e. The Balaban J connectivity index is 3.04. The van der Waals surface area contributed by atoms with Crippen molar-refractivity contribution >= 4 is 19.7 Å². The molecule has 0 bridgehead atoms. The molecule has 0 saturated carbocycles. The number of halogens is 1. The van der Waals surface area contributed by atoms with Crippen molar-refractivity contribution in [3.63, 3.8) is 0 Å². The molecule has 0 unspecified atom stereocenters. The molecule has 0 aliphatic carbocycles. The van der Waals surface area contributed by atoms with Crippen molar-refractivity contribution in [2.24, 2.45) is 0 Å². The first-order valence-corrected chi connectivity index (χ1v) is 8.66. The monoisotopic (exact) mass is 238 g/mol. The Kier molecular flexibility index (Phi) is 3.84. The summed E-state index contributed by atoms with van der Waals surface area (Å²) < 4.78 is 5.13. The summed E-state index contributed by atoms with van der Waals surface area (Å²) in [7, 11) is 0.296. The smallest absolute Gasteiger partial charge is 0.129 e. The Bertz CT molecular complexity index is 410. The number of ether oxygens (including phenoxy) is 1. The number of hydrogen-bond donors (Lipinski definition) is 0. The molecule has 0 saturated heterocycles. The van der Waals surface area contributed by atoms with Crippen LogP contribution in [0.2, 0.25) is 24.7 Å². The molecule has 15 heavy (non-hydrogen) atoms. The molecule has 1 nitrogen and oxygen atoms in total. The Labute approximate surface area is 97.4 Å². The molecule has 0 aromatic heterocycles. The number of rotatable bonds is 1. The van der Waals surface area contributed by atoms with E-state index in [-0.39, 0.29) is 0 Å². The third kappa shape index (κ3) is 4.42. The SMILES string of the molecule is COc1cc(Cl)cc(C#C[Si](C)(C)C)c1. The molecule has 0 spiro atoms. The Morgan fingerprint density at radius 2 is 1.87 bits per heavy atom. The first-order valence-electron chi connectivity index (χ1n) is 4.78.